The van der Waals surface area contributed by atoms with Gasteiger partial charge in [-0.3, -0.25) is 5.10 Å². The van der Waals surface area contributed by atoms with Crippen LogP contribution in [0.15, 0.2) is 58.0 Å². The number of benzene rings is 1. The van der Waals surface area contributed by atoms with E-state index in [9.17, 15) is 4.79 Å². The second kappa shape index (κ2) is 6.79. The highest BCUT2D eigenvalue weighted by atomic mass is 32.1. The molecule has 5 rings (SSSR count). The second-order valence-electron chi connectivity index (χ2n) is 6.75. The van der Waals surface area contributed by atoms with Gasteiger partial charge in [-0.1, -0.05) is 30.3 Å². The molecule has 6 heteroatoms. The molecule has 0 aliphatic heterocycles. The lowest BCUT2D eigenvalue weighted by Crippen LogP contribution is -2.16. The molecule has 1 aliphatic carbocycles. The normalized spacial score (nSPS) is 16.5. The van der Waals surface area contributed by atoms with E-state index >= 15 is 0 Å². The van der Waals surface area contributed by atoms with E-state index in [1.807, 2.05) is 36.5 Å². The topological polar surface area (TPSA) is 68.1 Å². The molecule has 136 valence electrons. The molecule has 27 heavy (non-hydrogen) atoms. The first kappa shape index (κ1) is 16.5. The van der Waals surface area contributed by atoms with Crippen molar-refractivity contribution < 1.29 is 9.15 Å². The molecule has 0 radical (unpaired) electrons. The Morgan fingerprint density at radius 1 is 1.30 bits per heavy atom. The van der Waals surface area contributed by atoms with Gasteiger partial charge in [0, 0.05) is 27.6 Å². The molecule has 1 aliphatic rings. The fourth-order valence-corrected chi connectivity index (χ4v) is 4.72. The summed E-state index contributed by atoms with van der Waals surface area (Å²) in [5.74, 6) is 0.700. The van der Waals surface area contributed by atoms with Crippen LogP contribution >= 0.6 is 11.3 Å². The van der Waals surface area contributed by atoms with Crippen LogP contribution in [0.1, 0.15) is 35.8 Å². The summed E-state index contributed by atoms with van der Waals surface area (Å²) in [6.07, 6.45) is 6.22. The van der Waals surface area contributed by atoms with Crippen LogP contribution in [0.25, 0.3) is 20.5 Å². The summed E-state index contributed by atoms with van der Waals surface area (Å²) in [5.41, 5.74) is 2.93. The predicted molar refractivity (Wildman–Crippen MR) is 105 cm³/mol. The number of hydrogen-bond acceptors (Lipinski definition) is 5. The molecule has 0 saturated carbocycles. The summed E-state index contributed by atoms with van der Waals surface area (Å²) in [7, 11) is 0. The molecule has 3 heterocycles. The van der Waals surface area contributed by atoms with Gasteiger partial charge in [0.2, 0.25) is 0 Å². The third-order valence-electron chi connectivity index (χ3n) is 5.00. The fourth-order valence-electron chi connectivity index (χ4n) is 3.68. The van der Waals surface area contributed by atoms with E-state index < -0.39 is 0 Å². The molecule has 0 spiro atoms. The summed E-state index contributed by atoms with van der Waals surface area (Å²) in [6, 6.07) is 12.2. The molecule has 5 nitrogen and oxygen atoms in total. The molecule has 3 aromatic heterocycles. The lowest BCUT2D eigenvalue weighted by atomic mass is 9.92. The first-order valence-electron chi connectivity index (χ1n) is 9.03. The number of rotatable bonds is 4. The van der Waals surface area contributed by atoms with Gasteiger partial charge in [0.15, 0.2) is 0 Å². The zero-order chi connectivity index (χ0) is 18.2. The first-order valence-corrected chi connectivity index (χ1v) is 9.85. The number of H-pyrrole nitrogens is 1. The van der Waals surface area contributed by atoms with Crippen LogP contribution in [0, 0.1) is 0 Å². The number of hydrogen-bond donors (Lipinski definition) is 1. The molecule has 4 aromatic rings. The van der Waals surface area contributed by atoms with Crippen LogP contribution in [0.2, 0.25) is 0 Å². The maximum atomic E-state index is 12.6. The minimum atomic E-state index is -0.279. The number of aryl methyl sites for hydroxylation is 1. The minimum absolute atomic E-state index is 0.177. The van der Waals surface area contributed by atoms with Crippen molar-refractivity contribution in [2.45, 2.75) is 32.0 Å². The van der Waals surface area contributed by atoms with Gasteiger partial charge in [0.1, 0.15) is 16.6 Å². The van der Waals surface area contributed by atoms with Gasteiger partial charge < -0.3 is 9.15 Å². The Labute approximate surface area is 159 Å². The lowest BCUT2D eigenvalue weighted by Gasteiger charge is -2.24. The van der Waals surface area contributed by atoms with Crippen molar-refractivity contribution in [2.24, 2.45) is 0 Å². The van der Waals surface area contributed by atoms with E-state index in [1.54, 1.807) is 6.20 Å². The highest BCUT2D eigenvalue weighted by Crippen LogP contribution is 2.40. The molecule has 0 fully saturated rings. The zero-order valence-electron chi connectivity index (χ0n) is 14.6. The van der Waals surface area contributed by atoms with Crippen LogP contribution in [0.5, 0.6) is 0 Å². The number of thiophene rings is 1. The third kappa shape index (κ3) is 3.01. The quantitative estimate of drug-likeness (QED) is 0.552. The number of fused-ring (bicyclic) bond motifs is 3. The Bertz CT molecular complexity index is 1130. The molecule has 0 saturated heterocycles. The monoisotopic (exact) mass is 378 g/mol. The van der Waals surface area contributed by atoms with Crippen LogP contribution in [0.3, 0.4) is 0 Å². The van der Waals surface area contributed by atoms with Gasteiger partial charge in [-0.25, -0.2) is 4.79 Å². The van der Waals surface area contributed by atoms with Crippen molar-refractivity contribution in [1.82, 2.24) is 10.2 Å². The predicted octanol–water partition coefficient (Wildman–Crippen LogP) is 4.84. The average Bonchev–Trinajstić information content (AvgIpc) is 3.37. The molecule has 1 N–H and O–H groups in total. The van der Waals surface area contributed by atoms with Gasteiger partial charge in [-0.05, 0) is 30.9 Å². The number of aromatic amines is 1. The van der Waals surface area contributed by atoms with Crippen molar-refractivity contribution in [2.75, 3.05) is 0 Å². The van der Waals surface area contributed by atoms with Crippen molar-refractivity contribution in [3.63, 3.8) is 0 Å². The molecule has 1 unspecified atom stereocenters. The van der Waals surface area contributed by atoms with E-state index in [0.29, 0.717) is 17.1 Å². The van der Waals surface area contributed by atoms with Crippen molar-refractivity contribution in [3.8, 4) is 10.4 Å². The Hall–Kier alpha value is -2.70. The molecule has 0 amide bonds. The van der Waals surface area contributed by atoms with Gasteiger partial charge >= 0.3 is 5.63 Å². The summed E-state index contributed by atoms with van der Waals surface area (Å²) in [4.78, 5) is 13.6. The molecule has 0 bridgehead atoms. The van der Waals surface area contributed by atoms with Gasteiger partial charge in [-0.2, -0.15) is 5.10 Å². The maximum absolute atomic E-state index is 12.6. The highest BCUT2D eigenvalue weighted by molar-refractivity contribution is 7.22. The zero-order valence-corrected chi connectivity index (χ0v) is 15.4. The molecular weight excluding hydrogens is 360 g/mol. The van der Waals surface area contributed by atoms with Crippen LogP contribution < -0.4 is 5.63 Å². The summed E-state index contributed by atoms with van der Waals surface area (Å²) >= 11 is 1.46. The largest absolute Gasteiger partial charge is 0.424 e. The summed E-state index contributed by atoms with van der Waals surface area (Å²) in [5, 5.41) is 7.82. The highest BCUT2D eigenvalue weighted by Gasteiger charge is 2.28. The van der Waals surface area contributed by atoms with Crippen LogP contribution in [0.4, 0.5) is 0 Å². The van der Waals surface area contributed by atoms with E-state index in [0.717, 1.165) is 46.2 Å². The first-order chi connectivity index (χ1) is 13.3. The Morgan fingerprint density at radius 3 is 3.00 bits per heavy atom. The van der Waals surface area contributed by atoms with Gasteiger partial charge in [0.05, 0.1) is 12.8 Å². The number of nitrogens with one attached hydrogen (secondary N) is 1. The maximum Gasteiger partial charge on any atom is 0.354 e. The van der Waals surface area contributed by atoms with E-state index in [4.69, 9.17) is 9.15 Å². The van der Waals surface area contributed by atoms with E-state index in [-0.39, 0.29) is 11.7 Å². The average molecular weight is 378 g/mol. The van der Waals surface area contributed by atoms with E-state index in [2.05, 4.69) is 16.3 Å². The summed E-state index contributed by atoms with van der Waals surface area (Å²) < 4.78 is 12.6. The van der Waals surface area contributed by atoms with Gasteiger partial charge in [-0.15, -0.1) is 11.3 Å². The second-order valence-corrected chi connectivity index (χ2v) is 7.80. The molecular formula is C21H18N2O3S. The Kier molecular flexibility index (Phi) is 4.14. The van der Waals surface area contributed by atoms with E-state index in [1.165, 1.54) is 11.3 Å². The fraction of sp³-hybridized carbons (Fsp3) is 0.238. The van der Waals surface area contributed by atoms with Crippen LogP contribution in [-0.2, 0) is 17.8 Å². The molecule has 1 aromatic carbocycles. The number of nitrogens with zero attached hydrogens (tertiary/aromatic N) is 1. The third-order valence-corrected chi connectivity index (χ3v) is 6.17. The van der Waals surface area contributed by atoms with Crippen LogP contribution in [-0.4, -0.2) is 10.2 Å². The number of ether oxygens (including phenoxy) is 1. The Morgan fingerprint density at radius 2 is 2.19 bits per heavy atom. The number of aromatic nitrogens is 2. The van der Waals surface area contributed by atoms with Crippen molar-refractivity contribution in [1.29, 1.82) is 0 Å². The smallest absolute Gasteiger partial charge is 0.354 e. The SMILES string of the molecule is O=c1oc2c(c3cc(-c4cn[nH]c4)sc13)CCCC2OCc1ccccc1. The van der Waals surface area contributed by atoms with Crippen molar-refractivity contribution >= 4 is 21.4 Å². The van der Waals surface area contributed by atoms with Gasteiger partial charge in [0.25, 0.3) is 0 Å². The summed E-state index contributed by atoms with van der Waals surface area (Å²) in [6.45, 7) is 0.511. The molecule has 1 atom stereocenters. The Balaban J connectivity index is 1.53. The standard InChI is InChI=1S/C21H18N2O3S/c24-21-20-16(9-18(27-20)14-10-22-23-11-14)15-7-4-8-17(19(15)26-21)25-12-13-5-2-1-3-6-13/h1-3,5-6,9-11,17H,4,7-8,12H2,(H,22,23). The lowest BCUT2D eigenvalue weighted by molar-refractivity contribution is 0.0116. The minimum Gasteiger partial charge on any atom is -0.424 e. The van der Waals surface area contributed by atoms with Crippen molar-refractivity contribution in [3.05, 3.63) is 76.1 Å².